The van der Waals surface area contributed by atoms with E-state index >= 15 is 0 Å². The minimum Gasteiger partial charge on any atom is -0.488 e. The highest BCUT2D eigenvalue weighted by Crippen LogP contribution is 2.41. The molecule has 1 atom stereocenters. The van der Waals surface area contributed by atoms with Crippen molar-refractivity contribution in [3.8, 4) is 5.75 Å². The van der Waals surface area contributed by atoms with Crippen LogP contribution in [0.15, 0.2) is 42.5 Å². The summed E-state index contributed by atoms with van der Waals surface area (Å²) >= 11 is 0. The van der Waals surface area contributed by atoms with Gasteiger partial charge in [-0.05, 0) is 48.9 Å². The molecule has 3 aromatic carbocycles. The van der Waals surface area contributed by atoms with Gasteiger partial charge in [0.2, 0.25) is 0 Å². The molecule has 0 amide bonds. The molecule has 2 N–H and O–H groups in total. The smallest absolute Gasteiger partial charge is 0.167 e. The van der Waals surface area contributed by atoms with E-state index in [4.69, 9.17) is 4.74 Å². The van der Waals surface area contributed by atoms with E-state index in [-0.39, 0.29) is 11.6 Å². The van der Waals surface area contributed by atoms with E-state index in [0.717, 1.165) is 50.2 Å². The van der Waals surface area contributed by atoms with Gasteiger partial charge in [-0.1, -0.05) is 0 Å². The molecule has 2 aromatic heterocycles. The lowest BCUT2D eigenvalue weighted by atomic mass is 10.1. The zero-order chi connectivity index (χ0) is 21.1. The van der Waals surface area contributed by atoms with Gasteiger partial charge in [0.25, 0.3) is 0 Å². The quantitative estimate of drug-likeness (QED) is 0.392. The molecule has 3 heterocycles. The molecule has 5 aromatic rings. The van der Waals surface area contributed by atoms with E-state index in [2.05, 4.69) is 9.97 Å². The van der Waals surface area contributed by atoms with Crippen LogP contribution in [0.4, 0.5) is 13.2 Å². The van der Waals surface area contributed by atoms with Crippen LogP contribution in [-0.4, -0.2) is 47.3 Å². The lowest BCUT2D eigenvalue weighted by Crippen LogP contribution is -2.26. The number of alkyl halides is 1. The van der Waals surface area contributed by atoms with Crippen molar-refractivity contribution in [2.24, 2.45) is 0 Å². The number of ether oxygens (including phenoxy) is 1. The van der Waals surface area contributed by atoms with Gasteiger partial charge in [-0.2, -0.15) is 0 Å². The van der Waals surface area contributed by atoms with Crippen molar-refractivity contribution in [3.05, 3.63) is 54.1 Å². The highest BCUT2D eigenvalue weighted by atomic mass is 19.1. The lowest BCUT2D eigenvalue weighted by Gasteiger charge is -2.15. The van der Waals surface area contributed by atoms with E-state index < -0.39 is 6.17 Å². The van der Waals surface area contributed by atoms with Crippen LogP contribution in [0, 0.1) is 11.6 Å². The standard InChI is InChI=1S/C24H20F3N3O/c25-13-1-3-20-16(9-13)18-11-19-17-10-14(26)2-4-21(17)29-23(19)24(22(18)28-20)31-8-7-30-6-5-15(27)12-30/h1-4,9-11,15,28-29H,5-8,12H2. The summed E-state index contributed by atoms with van der Waals surface area (Å²) < 4.78 is 47.7. The summed E-state index contributed by atoms with van der Waals surface area (Å²) in [6.07, 6.45) is -0.219. The van der Waals surface area contributed by atoms with Gasteiger partial charge in [0, 0.05) is 52.2 Å². The van der Waals surface area contributed by atoms with Gasteiger partial charge in [0.05, 0.1) is 11.0 Å². The molecule has 0 saturated carbocycles. The largest absolute Gasteiger partial charge is 0.488 e. The van der Waals surface area contributed by atoms with Crippen molar-refractivity contribution >= 4 is 43.6 Å². The Labute approximate surface area is 175 Å². The fraction of sp³-hybridized carbons (Fsp3) is 0.250. The zero-order valence-electron chi connectivity index (χ0n) is 16.6. The first kappa shape index (κ1) is 18.6. The van der Waals surface area contributed by atoms with Crippen molar-refractivity contribution in [1.82, 2.24) is 14.9 Å². The number of nitrogens with one attached hydrogen (secondary N) is 2. The highest BCUT2D eigenvalue weighted by molar-refractivity contribution is 6.20. The third-order valence-corrected chi connectivity index (χ3v) is 6.21. The van der Waals surface area contributed by atoms with Crippen molar-refractivity contribution in [1.29, 1.82) is 0 Å². The Bertz CT molecular complexity index is 1360. The summed E-state index contributed by atoms with van der Waals surface area (Å²) in [7, 11) is 0. The number of fused-ring (bicyclic) bond motifs is 6. The van der Waals surface area contributed by atoms with E-state index in [0.29, 0.717) is 31.9 Å². The average molecular weight is 423 g/mol. The molecule has 158 valence electrons. The van der Waals surface area contributed by atoms with Gasteiger partial charge in [-0.3, -0.25) is 4.90 Å². The van der Waals surface area contributed by atoms with Crippen molar-refractivity contribution < 1.29 is 17.9 Å². The highest BCUT2D eigenvalue weighted by Gasteiger charge is 2.22. The van der Waals surface area contributed by atoms with Gasteiger partial charge in [0.1, 0.15) is 24.4 Å². The Morgan fingerprint density at radius 3 is 2.03 bits per heavy atom. The van der Waals surface area contributed by atoms with Gasteiger partial charge in [0.15, 0.2) is 5.75 Å². The number of likely N-dealkylation sites (tertiary alicyclic amines) is 1. The Morgan fingerprint density at radius 1 is 0.871 bits per heavy atom. The summed E-state index contributed by atoms with van der Waals surface area (Å²) in [5, 5.41) is 3.11. The molecule has 0 spiro atoms. The first-order chi connectivity index (χ1) is 15.1. The summed E-state index contributed by atoms with van der Waals surface area (Å²) in [4.78, 5) is 8.74. The molecule has 6 rings (SSSR count). The first-order valence-corrected chi connectivity index (χ1v) is 10.4. The second-order valence-corrected chi connectivity index (χ2v) is 8.22. The number of benzene rings is 3. The molecule has 1 fully saturated rings. The Kier molecular flexibility index (Phi) is 4.14. The summed E-state index contributed by atoms with van der Waals surface area (Å²) in [6, 6.07) is 11.2. The molecule has 0 bridgehead atoms. The summed E-state index contributed by atoms with van der Waals surface area (Å²) in [6.45, 7) is 2.15. The lowest BCUT2D eigenvalue weighted by molar-refractivity contribution is 0.227. The summed E-state index contributed by atoms with van der Waals surface area (Å²) in [5.74, 6) is -0.0387. The number of H-pyrrole nitrogens is 2. The van der Waals surface area contributed by atoms with E-state index in [1.54, 1.807) is 12.1 Å². The molecule has 1 aliphatic rings. The first-order valence-electron chi connectivity index (χ1n) is 10.4. The maximum atomic E-state index is 14.0. The van der Waals surface area contributed by atoms with Crippen LogP contribution in [0.5, 0.6) is 5.75 Å². The molecular weight excluding hydrogens is 403 g/mol. The second kappa shape index (κ2) is 6.92. The van der Waals surface area contributed by atoms with Gasteiger partial charge in [-0.15, -0.1) is 0 Å². The SMILES string of the molecule is Fc1ccc2[nH]c3c(OCCN4CCC(F)C4)c4[nH]c5ccc(F)cc5c4cc3c2c1. The third-order valence-electron chi connectivity index (χ3n) is 6.21. The normalized spacial score (nSPS) is 17.6. The summed E-state index contributed by atoms with van der Waals surface area (Å²) in [5.41, 5.74) is 3.10. The van der Waals surface area contributed by atoms with Gasteiger partial charge in [-0.25, -0.2) is 13.2 Å². The Balaban J connectivity index is 1.53. The van der Waals surface area contributed by atoms with Crippen molar-refractivity contribution in [3.63, 3.8) is 0 Å². The van der Waals surface area contributed by atoms with Crippen LogP contribution < -0.4 is 4.74 Å². The van der Waals surface area contributed by atoms with Crippen LogP contribution >= 0.6 is 0 Å². The van der Waals surface area contributed by atoms with Crippen molar-refractivity contribution in [2.45, 2.75) is 12.6 Å². The topological polar surface area (TPSA) is 44.0 Å². The fourth-order valence-corrected chi connectivity index (χ4v) is 4.71. The number of hydrogen-bond acceptors (Lipinski definition) is 2. The van der Waals surface area contributed by atoms with Crippen molar-refractivity contribution in [2.75, 3.05) is 26.2 Å². The van der Waals surface area contributed by atoms with Crippen LogP contribution in [-0.2, 0) is 0 Å². The number of aromatic nitrogens is 2. The molecular formula is C24H20F3N3O. The fourth-order valence-electron chi connectivity index (χ4n) is 4.71. The average Bonchev–Trinajstić information content (AvgIpc) is 3.43. The number of aromatic amines is 2. The molecule has 4 nitrogen and oxygen atoms in total. The monoisotopic (exact) mass is 423 g/mol. The number of nitrogens with zero attached hydrogens (tertiary/aromatic N) is 1. The molecule has 0 aliphatic carbocycles. The molecule has 1 unspecified atom stereocenters. The van der Waals surface area contributed by atoms with Gasteiger partial charge < -0.3 is 14.7 Å². The number of hydrogen-bond donors (Lipinski definition) is 2. The third kappa shape index (κ3) is 3.03. The molecule has 1 aliphatic heterocycles. The molecule has 31 heavy (non-hydrogen) atoms. The van der Waals surface area contributed by atoms with E-state index in [1.165, 1.54) is 24.3 Å². The van der Waals surface area contributed by atoms with Crippen LogP contribution in [0.3, 0.4) is 0 Å². The Hall–Kier alpha value is -3.19. The van der Waals surface area contributed by atoms with Crippen LogP contribution in [0.1, 0.15) is 6.42 Å². The van der Waals surface area contributed by atoms with Crippen LogP contribution in [0.2, 0.25) is 0 Å². The predicted molar refractivity (Wildman–Crippen MR) is 117 cm³/mol. The minimum absolute atomic E-state index is 0.323. The molecule has 1 saturated heterocycles. The van der Waals surface area contributed by atoms with E-state index in [9.17, 15) is 13.2 Å². The zero-order valence-corrected chi connectivity index (χ0v) is 16.6. The van der Waals surface area contributed by atoms with Gasteiger partial charge >= 0.3 is 0 Å². The molecule has 7 heteroatoms. The number of rotatable bonds is 4. The predicted octanol–water partition coefficient (Wildman–Crippen LogP) is 5.66. The maximum absolute atomic E-state index is 14.0. The van der Waals surface area contributed by atoms with E-state index in [1.807, 2.05) is 11.0 Å². The maximum Gasteiger partial charge on any atom is 0.167 e. The second-order valence-electron chi connectivity index (χ2n) is 8.22. The minimum atomic E-state index is -0.776. The van der Waals surface area contributed by atoms with Crippen LogP contribution in [0.25, 0.3) is 43.6 Å². The number of halogens is 3. The Morgan fingerprint density at radius 2 is 1.48 bits per heavy atom. The molecule has 0 radical (unpaired) electrons.